The zero-order valence-corrected chi connectivity index (χ0v) is 28.0. The Morgan fingerprint density at radius 1 is 1.09 bits per heavy atom. The highest BCUT2D eigenvalue weighted by Gasteiger charge is 2.39. The summed E-state index contributed by atoms with van der Waals surface area (Å²) in [6.45, 7) is 12.4. The Morgan fingerprint density at radius 2 is 1.77 bits per heavy atom. The largest absolute Gasteiger partial charge is 0.486 e. The summed E-state index contributed by atoms with van der Waals surface area (Å²) in [7, 11) is -6.55. The molecule has 1 aliphatic rings. The summed E-state index contributed by atoms with van der Waals surface area (Å²) in [5, 5.41) is 0.192. The molecule has 0 saturated heterocycles. The molecule has 1 aliphatic heterocycles. The molecule has 0 aliphatic carbocycles. The third-order valence-electron chi connectivity index (χ3n) is 8.11. The van der Waals surface area contributed by atoms with E-state index in [2.05, 4.69) is 33.9 Å². The van der Waals surface area contributed by atoms with E-state index in [0.717, 1.165) is 22.5 Å². The Kier molecular flexibility index (Phi) is 9.66. The van der Waals surface area contributed by atoms with Crippen molar-refractivity contribution in [2.75, 3.05) is 17.5 Å². The van der Waals surface area contributed by atoms with Gasteiger partial charge in [-0.3, -0.25) is 4.31 Å². The van der Waals surface area contributed by atoms with Crippen molar-refractivity contribution < 1.29 is 35.1 Å². The fraction of sp³-hybridized carbons (Fsp3) is 0.375. The summed E-state index contributed by atoms with van der Waals surface area (Å²) in [5.41, 5.74) is 0.315. The molecule has 0 radical (unpaired) electrons. The van der Waals surface area contributed by atoms with E-state index in [-0.39, 0.29) is 33.6 Å². The molecule has 1 heterocycles. The minimum absolute atomic E-state index is 0.0269. The maximum Gasteiger partial charge on any atom is 0.416 e. The third kappa shape index (κ3) is 7.33. The normalized spacial score (nSPS) is 16.5. The summed E-state index contributed by atoms with van der Waals surface area (Å²) in [6, 6.07) is 12.9. The highest BCUT2D eigenvalue weighted by molar-refractivity contribution is 7.92. The number of halogens is 5. The molecule has 3 aromatic carbocycles. The van der Waals surface area contributed by atoms with Crippen molar-refractivity contribution in [3.8, 4) is 5.75 Å². The van der Waals surface area contributed by atoms with Crippen LogP contribution in [-0.2, 0) is 20.6 Å². The zero-order valence-electron chi connectivity index (χ0n) is 25.4. The first-order valence-corrected chi connectivity index (χ1v) is 18.8. The number of hydrogen-bond acceptors (Lipinski definition) is 4. The van der Waals surface area contributed by atoms with Crippen LogP contribution in [-0.4, -0.2) is 36.0 Å². The first kappa shape index (κ1) is 34.0. The summed E-state index contributed by atoms with van der Waals surface area (Å²) >= 11 is 6.24. The molecule has 0 spiro atoms. The smallest absolute Gasteiger partial charge is 0.416 e. The highest BCUT2D eigenvalue weighted by atomic mass is 35.5. The van der Waals surface area contributed by atoms with Gasteiger partial charge in [0.15, 0.2) is 8.32 Å². The van der Waals surface area contributed by atoms with E-state index in [9.17, 15) is 26.0 Å². The van der Waals surface area contributed by atoms with Crippen LogP contribution in [0.1, 0.15) is 50.8 Å². The van der Waals surface area contributed by atoms with Gasteiger partial charge in [-0.15, -0.1) is 0 Å². The lowest BCUT2D eigenvalue weighted by molar-refractivity contribution is -0.137. The minimum Gasteiger partial charge on any atom is -0.486 e. The molecule has 3 aromatic rings. The van der Waals surface area contributed by atoms with Crippen LogP contribution in [0.25, 0.3) is 11.6 Å². The molecule has 44 heavy (non-hydrogen) atoms. The number of benzene rings is 3. The van der Waals surface area contributed by atoms with Gasteiger partial charge in [0.05, 0.1) is 27.7 Å². The predicted molar refractivity (Wildman–Crippen MR) is 170 cm³/mol. The number of fused-ring (bicyclic) bond motifs is 1. The topological polar surface area (TPSA) is 55.8 Å². The maximum absolute atomic E-state index is 14.6. The molecule has 0 amide bonds. The van der Waals surface area contributed by atoms with E-state index in [1.54, 1.807) is 37.3 Å². The molecule has 4 rings (SSSR count). The number of ether oxygens (including phenoxy) is 1. The van der Waals surface area contributed by atoms with Crippen LogP contribution in [0.4, 0.5) is 23.2 Å². The Balaban J connectivity index is 1.74. The summed E-state index contributed by atoms with van der Waals surface area (Å²) < 4.78 is 96.6. The van der Waals surface area contributed by atoms with Gasteiger partial charge in [-0.25, -0.2) is 12.8 Å². The van der Waals surface area contributed by atoms with Crippen molar-refractivity contribution in [1.29, 1.82) is 0 Å². The Hall–Kier alpha value is -2.86. The van der Waals surface area contributed by atoms with Gasteiger partial charge >= 0.3 is 6.18 Å². The van der Waals surface area contributed by atoms with Crippen molar-refractivity contribution in [3.05, 3.63) is 88.2 Å². The summed E-state index contributed by atoms with van der Waals surface area (Å²) in [5.74, 6) is -0.257. The van der Waals surface area contributed by atoms with Crippen molar-refractivity contribution in [1.82, 2.24) is 0 Å². The lowest BCUT2D eigenvalue weighted by Crippen LogP contribution is -2.45. The second kappa shape index (κ2) is 12.5. The highest BCUT2D eigenvalue weighted by Crippen LogP contribution is 2.41. The van der Waals surface area contributed by atoms with Gasteiger partial charge in [0.25, 0.3) is 10.0 Å². The van der Waals surface area contributed by atoms with E-state index >= 15 is 0 Å². The summed E-state index contributed by atoms with van der Waals surface area (Å²) in [6.07, 6.45) is -3.32. The van der Waals surface area contributed by atoms with Crippen LogP contribution in [0.15, 0.2) is 65.6 Å². The molecule has 0 fully saturated rings. The van der Waals surface area contributed by atoms with E-state index in [1.807, 2.05) is 0 Å². The Morgan fingerprint density at radius 3 is 2.41 bits per heavy atom. The third-order valence-corrected chi connectivity index (χ3v) is 14.7. The van der Waals surface area contributed by atoms with Crippen molar-refractivity contribution in [2.45, 2.75) is 69.4 Å². The number of rotatable bonds is 8. The molecular weight excluding hydrogens is 634 g/mol. The van der Waals surface area contributed by atoms with Gasteiger partial charge in [-0.1, -0.05) is 56.6 Å². The number of alkyl halides is 3. The average molecular weight is 670 g/mol. The minimum atomic E-state index is -4.72. The molecule has 0 bridgehead atoms. The van der Waals surface area contributed by atoms with Crippen LogP contribution in [0, 0.1) is 5.82 Å². The zero-order chi connectivity index (χ0) is 32.7. The quantitative estimate of drug-likeness (QED) is 0.136. The van der Waals surface area contributed by atoms with Crippen molar-refractivity contribution >= 4 is 47.3 Å². The Bertz CT molecular complexity index is 1650. The molecule has 0 saturated carbocycles. The molecule has 12 heteroatoms. The van der Waals surface area contributed by atoms with Crippen LogP contribution in [0.5, 0.6) is 5.75 Å². The van der Waals surface area contributed by atoms with Gasteiger partial charge in [0.2, 0.25) is 0 Å². The van der Waals surface area contributed by atoms with Gasteiger partial charge in [-0.2, -0.15) is 13.2 Å². The number of anilines is 1. The molecule has 0 N–H and O–H groups in total. The van der Waals surface area contributed by atoms with Crippen molar-refractivity contribution in [2.24, 2.45) is 0 Å². The molecule has 5 nitrogen and oxygen atoms in total. The number of hydrogen-bond donors (Lipinski definition) is 0. The molecule has 0 aromatic heterocycles. The lowest BCUT2D eigenvalue weighted by atomic mass is 10.0. The SMILES string of the molecule is C/C(=C\c1ccc2c(c1)N(S(=O)(=O)c1cccc(C(F)(F)F)c1)C[C@H](CCO[Si](C)(C)C(C)(C)C)O2)c1c(F)cccc1Cl. The lowest BCUT2D eigenvalue weighted by Gasteiger charge is -2.38. The predicted octanol–water partition coefficient (Wildman–Crippen LogP) is 9.43. The molecule has 238 valence electrons. The summed E-state index contributed by atoms with van der Waals surface area (Å²) in [4.78, 5) is -0.494. The molecule has 0 unspecified atom stereocenters. The fourth-order valence-corrected chi connectivity index (χ4v) is 7.53. The standard InChI is InChI=1S/C32H36ClF4NO4SSi/c1-21(30-26(33)11-8-12-27(30)34)17-22-13-14-29-28(18-22)38(20-24(42-29)15-16-41-44(5,6)31(2,3)4)43(39,40)25-10-7-9-23(19-25)32(35,36)37/h7-14,17-19,24H,15-16,20H2,1-6H3/b21-17+/t24-/m0/s1. The van der Waals surface area contributed by atoms with E-state index < -0.39 is 46.9 Å². The van der Waals surface area contributed by atoms with E-state index in [4.69, 9.17) is 20.8 Å². The second-order valence-electron chi connectivity index (χ2n) is 12.4. The van der Waals surface area contributed by atoms with Crippen molar-refractivity contribution in [3.63, 3.8) is 0 Å². The average Bonchev–Trinajstić information content (AvgIpc) is 2.91. The monoisotopic (exact) mass is 669 g/mol. The van der Waals surface area contributed by atoms with Crippen LogP contribution in [0.2, 0.25) is 23.2 Å². The molecular formula is C32H36ClF4NO4SSi. The Labute approximate surface area is 262 Å². The van der Waals surface area contributed by atoms with Crippen LogP contribution < -0.4 is 9.04 Å². The van der Waals surface area contributed by atoms with Crippen LogP contribution >= 0.6 is 11.6 Å². The van der Waals surface area contributed by atoms with Gasteiger partial charge in [0, 0.05) is 18.6 Å². The first-order chi connectivity index (χ1) is 20.3. The number of sulfonamides is 1. The van der Waals surface area contributed by atoms with E-state index in [0.29, 0.717) is 30.2 Å². The second-order valence-corrected chi connectivity index (χ2v) is 19.4. The van der Waals surface area contributed by atoms with Gasteiger partial charge in [0.1, 0.15) is 17.7 Å². The molecule has 1 atom stereocenters. The van der Waals surface area contributed by atoms with Crippen LogP contribution in [0.3, 0.4) is 0 Å². The first-order valence-electron chi connectivity index (χ1n) is 14.1. The van der Waals surface area contributed by atoms with E-state index in [1.165, 1.54) is 12.1 Å². The van der Waals surface area contributed by atoms with Gasteiger partial charge < -0.3 is 9.16 Å². The fourth-order valence-electron chi connectivity index (χ4n) is 4.62. The number of allylic oxidation sites excluding steroid dienone is 1. The number of nitrogens with zero attached hydrogens (tertiary/aromatic N) is 1. The maximum atomic E-state index is 14.6. The van der Waals surface area contributed by atoms with Gasteiger partial charge in [-0.05, 0) is 78.7 Å².